The summed E-state index contributed by atoms with van der Waals surface area (Å²) in [6.45, 7) is 1.66. The van der Waals surface area contributed by atoms with Crippen LogP contribution in [0.1, 0.15) is 33.2 Å². The second kappa shape index (κ2) is 10.5. The molecule has 1 aromatic heterocycles. The molecule has 0 fully saturated rings. The summed E-state index contributed by atoms with van der Waals surface area (Å²) in [6, 6.07) is 13.3. The van der Waals surface area contributed by atoms with Gasteiger partial charge in [-0.3, -0.25) is 14.1 Å². The van der Waals surface area contributed by atoms with Gasteiger partial charge in [-0.1, -0.05) is 29.3 Å². The Balaban J connectivity index is 1.81. The predicted octanol–water partition coefficient (Wildman–Crippen LogP) is 4.35. The first-order chi connectivity index (χ1) is 19.1. The summed E-state index contributed by atoms with van der Waals surface area (Å²) in [7, 11) is -3.09. The molecule has 4 aromatic rings. The number of ketones is 1. The number of fused-ring (bicyclic) bond motifs is 2. The van der Waals surface area contributed by atoms with Gasteiger partial charge in [0.15, 0.2) is 5.78 Å². The van der Waals surface area contributed by atoms with Crippen molar-refractivity contribution in [3.8, 4) is 11.1 Å². The molecule has 1 heterocycles. The fourth-order valence-corrected chi connectivity index (χ4v) is 5.77. The Bertz CT molecular complexity index is 1880. The number of carbonyl (C=O) groups excluding carboxylic acids is 2. The lowest BCUT2D eigenvalue weighted by molar-refractivity contribution is -0.432. The molecule has 0 bridgehead atoms. The van der Waals surface area contributed by atoms with Crippen LogP contribution in [0.4, 0.5) is 11.4 Å². The van der Waals surface area contributed by atoms with Crippen LogP contribution >= 0.6 is 12.0 Å². The molecule has 0 saturated carbocycles. The van der Waals surface area contributed by atoms with Crippen molar-refractivity contribution >= 4 is 56.2 Å². The van der Waals surface area contributed by atoms with E-state index in [0.717, 1.165) is 12.1 Å². The molecule has 0 aliphatic heterocycles. The first-order valence-electron chi connectivity index (χ1n) is 11.6. The van der Waals surface area contributed by atoms with E-state index in [1.54, 1.807) is 43.3 Å². The van der Waals surface area contributed by atoms with Crippen LogP contribution in [0.15, 0.2) is 69.2 Å². The number of rotatable bonds is 8. The van der Waals surface area contributed by atoms with Crippen molar-refractivity contribution in [2.45, 2.75) is 16.7 Å². The number of nitrogens with one attached hydrogen (secondary N) is 1. The maximum absolute atomic E-state index is 13.9. The average Bonchev–Trinajstić information content (AvgIpc) is 2.93. The topological polar surface area (TPSA) is 170 Å². The number of carbonyl (C=O) groups is 2. The van der Waals surface area contributed by atoms with Crippen molar-refractivity contribution in [2.75, 3.05) is 11.9 Å². The number of benzene rings is 3. The highest BCUT2D eigenvalue weighted by atomic mass is 32.2. The van der Waals surface area contributed by atoms with Crippen molar-refractivity contribution in [1.82, 2.24) is 4.57 Å². The van der Waals surface area contributed by atoms with Gasteiger partial charge in [0.05, 0.1) is 50.9 Å². The van der Waals surface area contributed by atoms with E-state index in [9.17, 15) is 27.4 Å². The summed E-state index contributed by atoms with van der Waals surface area (Å²) in [5.41, 5.74) is 1.16. The lowest BCUT2D eigenvalue weighted by Gasteiger charge is -2.25. The van der Waals surface area contributed by atoms with Crippen molar-refractivity contribution in [1.29, 1.82) is 0 Å². The second-order valence-electron chi connectivity index (χ2n) is 8.58. The number of nitrogens with zero attached hydrogens (tertiary/aromatic N) is 1. The molecule has 206 valence electrons. The quantitative estimate of drug-likeness (QED) is 0.0776. The number of aryl methyl sites for hydroxylation is 1. The van der Waals surface area contributed by atoms with Gasteiger partial charge in [0, 0.05) is 23.6 Å². The van der Waals surface area contributed by atoms with E-state index < -0.39 is 26.5 Å². The van der Waals surface area contributed by atoms with Crippen LogP contribution in [-0.4, -0.2) is 41.2 Å². The van der Waals surface area contributed by atoms with E-state index in [1.165, 1.54) is 17.7 Å². The van der Waals surface area contributed by atoms with E-state index in [-0.39, 0.29) is 50.9 Å². The van der Waals surface area contributed by atoms with Gasteiger partial charge in [0.25, 0.3) is 15.7 Å². The maximum Gasteiger partial charge on any atom is 0.344 e. The third kappa shape index (κ3) is 4.56. The Labute approximate surface area is 230 Å². The molecule has 1 aliphatic rings. The van der Waals surface area contributed by atoms with E-state index in [1.807, 2.05) is 0 Å². The van der Waals surface area contributed by atoms with E-state index in [2.05, 4.69) is 14.7 Å². The number of aromatic nitrogens is 1. The molecule has 0 spiro atoms. The minimum Gasteiger partial charge on any atom is -0.462 e. The smallest absolute Gasteiger partial charge is 0.344 e. The molecule has 3 aromatic carbocycles. The molecule has 0 atom stereocenters. The minimum atomic E-state index is -4.58. The number of esters is 1. The van der Waals surface area contributed by atoms with Gasteiger partial charge in [-0.05, 0) is 42.8 Å². The molecular formula is C26H20N2O10S2. The lowest BCUT2D eigenvalue weighted by atomic mass is 9.81. The normalized spacial score (nSPS) is 12.3. The molecule has 1 aliphatic carbocycles. The lowest BCUT2D eigenvalue weighted by Crippen LogP contribution is -2.29. The molecule has 0 unspecified atom stereocenters. The molecule has 40 heavy (non-hydrogen) atoms. The summed E-state index contributed by atoms with van der Waals surface area (Å²) < 4.78 is 43.8. The van der Waals surface area contributed by atoms with Crippen LogP contribution < -0.4 is 10.9 Å². The van der Waals surface area contributed by atoms with Crippen LogP contribution in [0, 0.1) is 0 Å². The number of hydrogen-bond donors (Lipinski definition) is 3. The van der Waals surface area contributed by atoms with Gasteiger partial charge in [-0.25, -0.2) is 10.1 Å². The van der Waals surface area contributed by atoms with Crippen molar-refractivity contribution in [3.63, 3.8) is 0 Å². The highest BCUT2D eigenvalue weighted by molar-refractivity contribution is 7.94. The van der Waals surface area contributed by atoms with Crippen LogP contribution in [-0.2, 0) is 31.3 Å². The Kier molecular flexibility index (Phi) is 7.22. The van der Waals surface area contributed by atoms with Crippen molar-refractivity contribution < 1.29 is 41.9 Å². The molecule has 14 heteroatoms. The van der Waals surface area contributed by atoms with Crippen molar-refractivity contribution in [2.24, 2.45) is 7.05 Å². The summed E-state index contributed by atoms with van der Waals surface area (Å²) in [5.74, 6) is -1.21. The highest BCUT2D eigenvalue weighted by Crippen LogP contribution is 2.44. The van der Waals surface area contributed by atoms with Gasteiger partial charge in [0.2, 0.25) is 0 Å². The first-order valence-corrected chi connectivity index (χ1v) is 13.8. The number of pyridine rings is 1. The Morgan fingerprint density at radius 2 is 1.73 bits per heavy atom. The van der Waals surface area contributed by atoms with Gasteiger partial charge in [0.1, 0.15) is 5.56 Å². The van der Waals surface area contributed by atoms with E-state index >= 15 is 0 Å². The highest BCUT2D eigenvalue weighted by Gasteiger charge is 2.34. The first kappa shape index (κ1) is 27.5. The van der Waals surface area contributed by atoms with Crippen molar-refractivity contribution in [3.05, 3.63) is 81.6 Å². The fourth-order valence-electron chi connectivity index (χ4n) is 4.70. The summed E-state index contributed by atoms with van der Waals surface area (Å²) in [4.78, 5) is 39.9. The summed E-state index contributed by atoms with van der Waals surface area (Å²) in [6.07, 6.45) is 0. The van der Waals surface area contributed by atoms with Crippen LogP contribution in [0.5, 0.6) is 0 Å². The Hall–Kier alpha value is -4.05. The van der Waals surface area contributed by atoms with Gasteiger partial charge in [-0.15, -0.1) is 4.33 Å². The average molecular weight is 585 g/mol. The van der Waals surface area contributed by atoms with Crippen LogP contribution in [0.25, 0.3) is 22.0 Å². The summed E-state index contributed by atoms with van der Waals surface area (Å²) >= 11 is 0.435. The number of hydrogen-bond acceptors (Lipinski definition) is 11. The largest absolute Gasteiger partial charge is 0.462 e. The second-order valence-corrected chi connectivity index (χ2v) is 10.7. The summed E-state index contributed by atoms with van der Waals surface area (Å²) in [5, 5.41) is 15.7. The molecule has 0 saturated heterocycles. The third-order valence-electron chi connectivity index (χ3n) is 6.39. The minimum absolute atomic E-state index is 0.0358. The van der Waals surface area contributed by atoms with Crippen LogP contribution in [0.3, 0.4) is 0 Å². The molecule has 0 radical (unpaired) electrons. The van der Waals surface area contributed by atoms with Gasteiger partial charge >= 0.3 is 5.97 Å². The van der Waals surface area contributed by atoms with Gasteiger partial charge < -0.3 is 14.6 Å². The zero-order valence-corrected chi connectivity index (χ0v) is 22.5. The van der Waals surface area contributed by atoms with Gasteiger partial charge in [-0.2, -0.15) is 8.42 Å². The zero-order valence-electron chi connectivity index (χ0n) is 20.8. The number of ether oxygens (including phenoxy) is 1. The molecule has 3 N–H and O–H groups in total. The Morgan fingerprint density at radius 1 is 1.02 bits per heavy atom. The van der Waals surface area contributed by atoms with E-state index in [0.29, 0.717) is 28.5 Å². The predicted molar refractivity (Wildman–Crippen MR) is 144 cm³/mol. The standard InChI is InChI=1S/C26H20N2O10S2/c1-3-36-26(31)23-20-14-6-4-5-7-15(14)24(29)21-17(10-11-18(22(20)21)28(2)25(23)30)27-16-9-8-13(40(33,34)35)12-19(16)39-38-37-32/h4-12,27,32H,3H2,1-2H3,(H,33,34,35). The monoisotopic (exact) mass is 584 g/mol. The molecule has 5 rings (SSSR count). The molecular weight excluding hydrogens is 564 g/mol. The SMILES string of the molecule is CCOC(=O)c1c2c3c(c(Nc4ccc(S(=O)(=O)O)cc4SOOO)ccc3n(C)c1=O)C(=O)c1ccccc1-2. The molecule has 12 nitrogen and oxygen atoms in total. The van der Waals surface area contributed by atoms with Crippen LogP contribution in [0.2, 0.25) is 0 Å². The fraction of sp³-hybridized carbons (Fsp3) is 0.115. The van der Waals surface area contributed by atoms with E-state index in [4.69, 9.17) is 9.99 Å². The zero-order chi connectivity index (χ0) is 28.8. The maximum atomic E-state index is 13.9. The Morgan fingerprint density at radius 3 is 2.40 bits per heavy atom. The molecule has 0 amide bonds. The third-order valence-corrected chi connectivity index (χ3v) is 7.88. The number of anilines is 2.